The van der Waals surface area contributed by atoms with Gasteiger partial charge in [-0.2, -0.15) is 16.8 Å². The highest BCUT2D eigenvalue weighted by Crippen LogP contribution is 2.45. The van der Waals surface area contributed by atoms with Gasteiger partial charge in [0.1, 0.15) is 0 Å². The minimum absolute atomic E-state index is 0.0152. The van der Waals surface area contributed by atoms with Crippen LogP contribution in [0.15, 0.2) is 56.7 Å². The Kier molecular flexibility index (Phi) is 7.42. The fourth-order valence-electron chi connectivity index (χ4n) is 4.36. The SMILES string of the molecule is CCCCNC(=O)c1ccc(-c2c3ccc(=N)c(S(=O)(=O)O)c-3oc3c(S(=O)(=O)O)c(N)ccc23)c(C(=O)O)c1. The van der Waals surface area contributed by atoms with Crippen LogP contribution in [0, 0.1) is 5.41 Å². The van der Waals surface area contributed by atoms with Gasteiger partial charge < -0.3 is 20.6 Å². The predicted molar refractivity (Wildman–Crippen MR) is 142 cm³/mol. The van der Waals surface area contributed by atoms with Crippen LogP contribution in [-0.2, 0) is 20.2 Å². The second-order valence-electron chi connectivity index (χ2n) is 8.78. The second kappa shape index (κ2) is 10.3. The van der Waals surface area contributed by atoms with Crippen molar-refractivity contribution in [3.63, 3.8) is 0 Å². The van der Waals surface area contributed by atoms with E-state index in [4.69, 9.17) is 15.6 Å². The maximum absolute atomic E-state index is 12.6. The molecule has 1 heterocycles. The summed E-state index contributed by atoms with van der Waals surface area (Å²) < 4.78 is 74.4. The number of carbonyl (C=O) groups is 2. The molecule has 0 saturated heterocycles. The van der Waals surface area contributed by atoms with E-state index in [-0.39, 0.29) is 27.6 Å². The minimum Gasteiger partial charge on any atom is -0.478 e. The summed E-state index contributed by atoms with van der Waals surface area (Å²) in [5, 5.41) is 20.0. The van der Waals surface area contributed by atoms with E-state index < -0.39 is 69.9 Å². The van der Waals surface area contributed by atoms with E-state index in [1.165, 1.54) is 24.3 Å². The first kappa shape index (κ1) is 28.7. The fraction of sp³-hybridized carbons (Fsp3) is 0.160. The largest absolute Gasteiger partial charge is 0.478 e. The first-order valence-corrected chi connectivity index (χ1v) is 14.5. The summed E-state index contributed by atoms with van der Waals surface area (Å²) in [6, 6.07) is 8.35. The van der Waals surface area contributed by atoms with Crippen molar-refractivity contribution < 1.29 is 45.1 Å². The zero-order valence-corrected chi connectivity index (χ0v) is 22.4. The topological polar surface area (TPSA) is 238 Å². The molecule has 4 rings (SSSR count). The van der Waals surface area contributed by atoms with E-state index in [1.54, 1.807) is 0 Å². The number of fused-ring (bicyclic) bond motifs is 2. The fourth-order valence-corrected chi connectivity index (χ4v) is 5.84. The summed E-state index contributed by atoms with van der Waals surface area (Å²) in [7, 11) is -10.2. The number of carboxylic acids is 1. The molecule has 0 unspecified atom stereocenters. The molecule has 0 fully saturated rings. The predicted octanol–water partition coefficient (Wildman–Crippen LogP) is 2.99. The molecule has 0 bridgehead atoms. The number of rotatable bonds is 8. The van der Waals surface area contributed by atoms with Gasteiger partial charge in [0.05, 0.1) is 16.6 Å². The van der Waals surface area contributed by atoms with Crippen LogP contribution in [-0.4, -0.2) is 49.5 Å². The van der Waals surface area contributed by atoms with Crippen LogP contribution >= 0.6 is 0 Å². The smallest absolute Gasteiger partial charge is 0.336 e. The lowest BCUT2D eigenvalue weighted by Gasteiger charge is -2.20. The Labute approximate surface area is 227 Å². The third-order valence-corrected chi connectivity index (χ3v) is 7.97. The lowest BCUT2D eigenvalue weighted by molar-refractivity contribution is 0.0697. The number of unbranched alkanes of at least 4 members (excludes halogenated alkanes) is 1. The van der Waals surface area contributed by atoms with Gasteiger partial charge >= 0.3 is 5.97 Å². The molecule has 0 atom stereocenters. The first-order chi connectivity index (χ1) is 18.7. The average Bonchev–Trinajstić information content (AvgIpc) is 2.85. The highest BCUT2D eigenvalue weighted by molar-refractivity contribution is 7.86. The number of nitrogens with one attached hydrogen (secondary N) is 2. The van der Waals surface area contributed by atoms with Crippen molar-refractivity contribution in [2.24, 2.45) is 0 Å². The minimum atomic E-state index is -5.14. The number of hydrogen-bond acceptors (Lipinski definition) is 9. The Bertz CT molecular complexity index is 1950. The maximum atomic E-state index is 12.6. The van der Waals surface area contributed by atoms with Crippen LogP contribution in [0.1, 0.15) is 40.5 Å². The number of carboxylic acid groups (broad SMARTS) is 1. The summed E-state index contributed by atoms with van der Waals surface area (Å²) in [5.74, 6) is -2.70. The Morgan fingerprint density at radius 1 is 0.975 bits per heavy atom. The summed E-state index contributed by atoms with van der Waals surface area (Å²) in [5.41, 5.74) is 3.98. The number of aromatic carboxylic acids is 1. The summed E-state index contributed by atoms with van der Waals surface area (Å²) in [4.78, 5) is 23.0. The van der Waals surface area contributed by atoms with E-state index in [0.717, 1.165) is 24.6 Å². The lowest BCUT2D eigenvalue weighted by Crippen LogP contribution is -2.24. The summed E-state index contributed by atoms with van der Waals surface area (Å²) in [6.07, 6.45) is 1.52. The van der Waals surface area contributed by atoms with Crippen LogP contribution in [0.4, 0.5) is 5.69 Å². The molecule has 40 heavy (non-hydrogen) atoms. The first-order valence-electron chi connectivity index (χ1n) is 11.6. The Morgan fingerprint density at radius 3 is 2.23 bits per heavy atom. The number of anilines is 1. The number of nitrogens with two attached hydrogens (primary N) is 1. The van der Waals surface area contributed by atoms with Crippen molar-refractivity contribution in [3.8, 4) is 22.5 Å². The van der Waals surface area contributed by atoms with Gasteiger partial charge in [0.2, 0.25) is 0 Å². The van der Waals surface area contributed by atoms with Gasteiger partial charge in [-0.25, -0.2) is 4.79 Å². The van der Waals surface area contributed by atoms with Crippen LogP contribution in [0.25, 0.3) is 33.4 Å². The van der Waals surface area contributed by atoms with Crippen LogP contribution in [0.2, 0.25) is 0 Å². The van der Waals surface area contributed by atoms with E-state index in [0.29, 0.717) is 13.0 Å². The molecule has 1 aliphatic carbocycles. The van der Waals surface area contributed by atoms with E-state index in [2.05, 4.69) is 5.32 Å². The molecule has 1 amide bonds. The Hall–Kier alpha value is -4.31. The van der Waals surface area contributed by atoms with Gasteiger partial charge in [-0.3, -0.25) is 19.3 Å². The average molecular weight is 590 g/mol. The molecule has 13 nitrogen and oxygen atoms in total. The van der Waals surface area contributed by atoms with Crippen molar-refractivity contribution in [1.82, 2.24) is 5.32 Å². The molecule has 2 aromatic rings. The second-order valence-corrected chi connectivity index (χ2v) is 11.5. The van der Waals surface area contributed by atoms with Crippen LogP contribution in [0.3, 0.4) is 0 Å². The molecule has 1 aliphatic heterocycles. The zero-order chi connectivity index (χ0) is 29.6. The van der Waals surface area contributed by atoms with Crippen molar-refractivity contribution in [2.75, 3.05) is 12.3 Å². The highest BCUT2D eigenvalue weighted by Gasteiger charge is 2.31. The highest BCUT2D eigenvalue weighted by atomic mass is 32.2. The summed E-state index contributed by atoms with van der Waals surface area (Å²) in [6.45, 7) is 2.30. The Balaban J connectivity index is 2.19. The number of carbonyl (C=O) groups excluding carboxylic acids is 1. The van der Waals surface area contributed by atoms with Crippen molar-refractivity contribution in [1.29, 1.82) is 5.41 Å². The molecule has 15 heteroatoms. The molecular formula is C25H23N3O10S2. The zero-order valence-electron chi connectivity index (χ0n) is 20.8. The van der Waals surface area contributed by atoms with Crippen LogP contribution in [0.5, 0.6) is 0 Å². The van der Waals surface area contributed by atoms with Gasteiger partial charge in [0, 0.05) is 28.6 Å². The molecule has 0 saturated carbocycles. The number of amides is 1. The lowest BCUT2D eigenvalue weighted by atomic mass is 9.89. The van der Waals surface area contributed by atoms with Gasteiger partial charge in [-0.15, -0.1) is 0 Å². The normalized spacial score (nSPS) is 12.1. The quantitative estimate of drug-likeness (QED) is 0.0755. The van der Waals surface area contributed by atoms with Crippen molar-refractivity contribution in [3.05, 3.63) is 58.9 Å². The van der Waals surface area contributed by atoms with Gasteiger partial charge in [-0.05, 0) is 48.4 Å². The third-order valence-electron chi connectivity index (χ3n) is 6.11. The van der Waals surface area contributed by atoms with E-state index >= 15 is 0 Å². The number of hydrogen-bond donors (Lipinski definition) is 6. The summed E-state index contributed by atoms with van der Waals surface area (Å²) >= 11 is 0. The molecule has 0 spiro atoms. The Morgan fingerprint density at radius 2 is 1.62 bits per heavy atom. The van der Waals surface area contributed by atoms with E-state index in [1.807, 2.05) is 6.92 Å². The van der Waals surface area contributed by atoms with Gasteiger partial charge in [-0.1, -0.05) is 19.4 Å². The van der Waals surface area contributed by atoms with Crippen molar-refractivity contribution >= 4 is 48.8 Å². The monoisotopic (exact) mass is 589 g/mol. The molecule has 2 aromatic carbocycles. The molecular weight excluding hydrogens is 566 g/mol. The molecule has 0 radical (unpaired) electrons. The number of benzene rings is 3. The maximum Gasteiger partial charge on any atom is 0.336 e. The van der Waals surface area contributed by atoms with E-state index in [9.17, 15) is 40.6 Å². The van der Waals surface area contributed by atoms with Gasteiger partial charge in [0.25, 0.3) is 26.1 Å². The van der Waals surface area contributed by atoms with Crippen molar-refractivity contribution in [2.45, 2.75) is 29.6 Å². The molecule has 2 aliphatic rings. The third kappa shape index (κ3) is 5.14. The standard InChI is InChI=1S/C25H23N3O10S2/c1-2-3-10-28-24(29)12-4-5-13(16(11-12)25(30)31)19-14-6-8-17(26)22(39(32,33)34)20(14)38-21-15(19)7-9-18(27)23(21)40(35,36)37/h4-9,11,26H,2-3,10,27H2,1H3,(H,28,29)(H,30,31)(H,32,33,34)(H,35,36,37). The van der Waals surface area contributed by atoms with Gasteiger partial charge in [0.15, 0.2) is 21.1 Å². The molecule has 0 aromatic heterocycles. The van der Waals surface area contributed by atoms with Crippen LogP contribution < -0.4 is 16.4 Å². The molecule has 210 valence electrons. The molecule has 7 N–H and O–H groups in total. The number of nitrogen functional groups attached to an aromatic ring is 1.